The lowest BCUT2D eigenvalue weighted by molar-refractivity contribution is -0.0821. The lowest BCUT2D eigenvalue weighted by atomic mass is 10.0. The summed E-state index contributed by atoms with van der Waals surface area (Å²) < 4.78 is 14.1. The van der Waals surface area contributed by atoms with Crippen molar-refractivity contribution in [2.24, 2.45) is 0 Å². The van der Waals surface area contributed by atoms with E-state index in [-0.39, 0.29) is 5.60 Å². The number of benzene rings is 1. The fourth-order valence-corrected chi connectivity index (χ4v) is 4.33. The first-order chi connectivity index (χ1) is 13.7. The minimum absolute atomic E-state index is 0.144. The Balaban J connectivity index is 1.37. The van der Waals surface area contributed by atoms with Crippen molar-refractivity contribution in [3.05, 3.63) is 66.4 Å². The van der Waals surface area contributed by atoms with E-state index in [4.69, 9.17) is 9.47 Å². The van der Waals surface area contributed by atoms with Crippen LogP contribution in [0.5, 0.6) is 5.75 Å². The number of hydrogen-bond donors (Lipinski definition) is 0. The number of likely N-dealkylation sites (tertiary alicyclic amines) is 1. The van der Waals surface area contributed by atoms with Crippen LogP contribution in [0.1, 0.15) is 17.8 Å². The van der Waals surface area contributed by atoms with Gasteiger partial charge in [-0.1, -0.05) is 12.1 Å². The van der Waals surface area contributed by atoms with E-state index in [9.17, 15) is 0 Å². The molecule has 0 bridgehead atoms. The Bertz CT molecular complexity index is 972. The largest absolute Gasteiger partial charge is 0.497 e. The third-order valence-electron chi connectivity index (χ3n) is 5.81. The van der Waals surface area contributed by atoms with Crippen LogP contribution in [0, 0.1) is 0 Å². The van der Waals surface area contributed by atoms with Crippen molar-refractivity contribution in [1.82, 2.24) is 19.4 Å². The van der Waals surface area contributed by atoms with E-state index in [1.54, 1.807) is 7.11 Å². The summed E-state index contributed by atoms with van der Waals surface area (Å²) >= 11 is 0. The first kappa shape index (κ1) is 17.4. The Morgan fingerprint density at radius 1 is 1.18 bits per heavy atom. The minimum atomic E-state index is -0.144. The average molecular weight is 376 g/mol. The van der Waals surface area contributed by atoms with Gasteiger partial charge in [0, 0.05) is 37.6 Å². The van der Waals surface area contributed by atoms with Crippen LogP contribution in [0.3, 0.4) is 0 Å². The number of rotatable bonds is 4. The van der Waals surface area contributed by atoms with Gasteiger partial charge < -0.3 is 14.0 Å². The van der Waals surface area contributed by atoms with Crippen molar-refractivity contribution in [3.8, 4) is 17.0 Å². The summed E-state index contributed by atoms with van der Waals surface area (Å²) in [6.07, 6.45) is 6.70. The zero-order chi connectivity index (χ0) is 19.0. The van der Waals surface area contributed by atoms with E-state index >= 15 is 0 Å². The molecule has 28 heavy (non-hydrogen) atoms. The van der Waals surface area contributed by atoms with E-state index in [2.05, 4.69) is 43.7 Å². The monoisotopic (exact) mass is 376 g/mol. The van der Waals surface area contributed by atoms with Gasteiger partial charge in [0.15, 0.2) is 0 Å². The zero-order valence-electron chi connectivity index (χ0n) is 16.0. The van der Waals surface area contributed by atoms with Crippen molar-refractivity contribution in [1.29, 1.82) is 0 Å². The van der Waals surface area contributed by atoms with Crippen LogP contribution in [0.4, 0.5) is 0 Å². The van der Waals surface area contributed by atoms with E-state index in [0.717, 1.165) is 55.4 Å². The Morgan fingerprint density at radius 2 is 2.07 bits per heavy atom. The Morgan fingerprint density at radius 3 is 2.93 bits per heavy atom. The molecule has 0 radical (unpaired) electrons. The highest BCUT2D eigenvalue weighted by atomic mass is 16.5. The zero-order valence-corrected chi connectivity index (χ0v) is 16.0. The lowest BCUT2D eigenvalue weighted by Gasteiger charge is -2.35. The number of aromatic nitrogens is 3. The average Bonchev–Trinajstić information content (AvgIpc) is 3.33. The van der Waals surface area contributed by atoms with Crippen LogP contribution in [0.2, 0.25) is 0 Å². The molecule has 6 nitrogen and oxygen atoms in total. The number of imidazole rings is 1. The van der Waals surface area contributed by atoms with Crippen molar-refractivity contribution in [2.75, 3.05) is 20.2 Å². The molecule has 1 atom stereocenters. The molecule has 1 aromatic carbocycles. The Kier molecular flexibility index (Phi) is 4.37. The van der Waals surface area contributed by atoms with E-state index in [0.29, 0.717) is 6.61 Å². The summed E-state index contributed by atoms with van der Waals surface area (Å²) in [6, 6.07) is 12.3. The van der Waals surface area contributed by atoms with Gasteiger partial charge in [0.2, 0.25) is 0 Å². The summed E-state index contributed by atoms with van der Waals surface area (Å²) in [5, 5.41) is 0. The molecule has 0 aliphatic carbocycles. The fraction of sp³-hybridized carbons (Fsp3) is 0.364. The van der Waals surface area contributed by atoms with Gasteiger partial charge in [-0.25, -0.2) is 4.98 Å². The summed E-state index contributed by atoms with van der Waals surface area (Å²) in [6.45, 7) is 4.31. The maximum Gasteiger partial charge on any atom is 0.135 e. The van der Waals surface area contributed by atoms with E-state index < -0.39 is 0 Å². The standard InChI is InChI=1S/C22H24N4O2/c1-27-19-4-2-3-18(11-19)20-12-24-21-14-28-22(16-26(20)21)7-10-25(15-22)13-17-5-8-23-9-6-17/h2-6,8-9,11-12H,7,10,13-16H2,1H3/t22-/m1/s1. The molecule has 2 aliphatic heterocycles. The van der Waals surface area contributed by atoms with Crippen LogP contribution in [0.25, 0.3) is 11.3 Å². The second-order valence-electron chi connectivity index (χ2n) is 7.67. The highest BCUT2D eigenvalue weighted by Crippen LogP contribution is 2.36. The molecule has 2 aliphatic rings. The number of hydrogen-bond acceptors (Lipinski definition) is 5. The van der Waals surface area contributed by atoms with Crippen molar-refractivity contribution >= 4 is 0 Å². The van der Waals surface area contributed by atoms with Gasteiger partial charge in [-0.15, -0.1) is 0 Å². The number of ether oxygens (including phenoxy) is 2. The molecule has 0 unspecified atom stereocenters. The molecule has 1 spiro atoms. The van der Waals surface area contributed by atoms with Crippen LogP contribution >= 0.6 is 0 Å². The Hall–Kier alpha value is -2.70. The van der Waals surface area contributed by atoms with Crippen LogP contribution in [-0.4, -0.2) is 45.2 Å². The molecule has 4 heterocycles. The molecular weight excluding hydrogens is 352 g/mol. The van der Waals surface area contributed by atoms with Crippen LogP contribution in [0.15, 0.2) is 55.0 Å². The first-order valence-corrected chi connectivity index (χ1v) is 9.69. The number of nitrogens with zero attached hydrogens (tertiary/aromatic N) is 4. The molecular formula is C22H24N4O2. The van der Waals surface area contributed by atoms with E-state index in [1.807, 2.05) is 30.7 Å². The summed E-state index contributed by atoms with van der Waals surface area (Å²) in [7, 11) is 1.70. The Labute approximate surface area is 164 Å². The predicted octanol–water partition coefficient (Wildman–Crippen LogP) is 3.13. The molecule has 0 saturated carbocycles. The summed E-state index contributed by atoms with van der Waals surface area (Å²) in [4.78, 5) is 11.2. The van der Waals surface area contributed by atoms with Crippen molar-refractivity contribution in [3.63, 3.8) is 0 Å². The molecule has 1 fully saturated rings. The topological polar surface area (TPSA) is 52.4 Å². The number of methoxy groups -OCH3 is 1. The molecule has 6 heteroatoms. The second-order valence-corrected chi connectivity index (χ2v) is 7.67. The second kappa shape index (κ2) is 7.04. The van der Waals surface area contributed by atoms with Gasteiger partial charge in [-0.2, -0.15) is 0 Å². The highest BCUT2D eigenvalue weighted by Gasteiger charge is 2.43. The molecule has 0 amide bonds. The van der Waals surface area contributed by atoms with Crippen molar-refractivity contribution in [2.45, 2.75) is 31.7 Å². The van der Waals surface area contributed by atoms with Gasteiger partial charge in [-0.3, -0.25) is 9.88 Å². The predicted molar refractivity (Wildman–Crippen MR) is 106 cm³/mol. The third-order valence-corrected chi connectivity index (χ3v) is 5.81. The smallest absolute Gasteiger partial charge is 0.135 e. The molecule has 5 rings (SSSR count). The summed E-state index contributed by atoms with van der Waals surface area (Å²) in [5.41, 5.74) is 3.41. The maximum atomic E-state index is 6.35. The molecule has 2 aromatic heterocycles. The fourth-order valence-electron chi connectivity index (χ4n) is 4.33. The van der Waals surface area contributed by atoms with Gasteiger partial charge >= 0.3 is 0 Å². The van der Waals surface area contributed by atoms with Gasteiger partial charge in [-0.05, 0) is 36.2 Å². The quantitative estimate of drug-likeness (QED) is 0.700. The summed E-state index contributed by atoms with van der Waals surface area (Å²) in [5.74, 6) is 1.86. The number of fused-ring (bicyclic) bond motifs is 1. The first-order valence-electron chi connectivity index (χ1n) is 9.69. The maximum absolute atomic E-state index is 6.35. The molecule has 3 aromatic rings. The van der Waals surface area contributed by atoms with Gasteiger partial charge in [0.25, 0.3) is 0 Å². The third kappa shape index (κ3) is 3.19. The van der Waals surface area contributed by atoms with Gasteiger partial charge in [0.05, 0.1) is 25.5 Å². The van der Waals surface area contributed by atoms with E-state index in [1.165, 1.54) is 5.56 Å². The van der Waals surface area contributed by atoms with Crippen LogP contribution < -0.4 is 4.74 Å². The van der Waals surface area contributed by atoms with Crippen LogP contribution in [-0.2, 0) is 24.4 Å². The highest BCUT2D eigenvalue weighted by molar-refractivity contribution is 5.61. The minimum Gasteiger partial charge on any atom is -0.497 e. The number of pyridine rings is 1. The van der Waals surface area contributed by atoms with Gasteiger partial charge in [0.1, 0.15) is 23.8 Å². The molecule has 0 N–H and O–H groups in total. The molecule has 144 valence electrons. The lowest BCUT2D eigenvalue weighted by Crippen LogP contribution is -2.44. The SMILES string of the molecule is COc1cccc(-c2cnc3n2C[C@]2(CCN(Cc4ccncc4)C2)OC3)c1. The normalized spacial score (nSPS) is 21.8. The van der Waals surface area contributed by atoms with Crippen molar-refractivity contribution < 1.29 is 9.47 Å². The molecule has 1 saturated heterocycles.